The number of esters is 1. The third kappa shape index (κ3) is 5.06. The van der Waals surface area contributed by atoms with E-state index in [9.17, 15) is 14.4 Å². The molecule has 3 aromatic heterocycles. The lowest BCUT2D eigenvalue weighted by Gasteiger charge is -2.21. The quantitative estimate of drug-likeness (QED) is 0.191. The molecule has 43 heavy (non-hydrogen) atoms. The normalized spacial score (nSPS) is 13.5. The van der Waals surface area contributed by atoms with Crippen LogP contribution in [-0.2, 0) is 11.3 Å². The summed E-state index contributed by atoms with van der Waals surface area (Å²) in [5.41, 5.74) is 10.5. The largest absolute Gasteiger partial charge is 0.488 e. The summed E-state index contributed by atoms with van der Waals surface area (Å²) in [6.07, 6.45) is 2.17. The molecule has 1 saturated carbocycles. The number of aromatic nitrogens is 3. The number of hydrogen-bond donors (Lipinski definition) is 4. The summed E-state index contributed by atoms with van der Waals surface area (Å²) >= 11 is 1.56. The summed E-state index contributed by atoms with van der Waals surface area (Å²) in [7, 11) is 1.24. The highest BCUT2D eigenvalue weighted by molar-refractivity contribution is 7.13. The fourth-order valence-corrected chi connectivity index (χ4v) is 6.07. The van der Waals surface area contributed by atoms with Gasteiger partial charge in [-0.3, -0.25) is 9.59 Å². The highest BCUT2D eigenvalue weighted by Crippen LogP contribution is 2.44. The molecular formula is C31H26N6O5S. The Labute approximate surface area is 249 Å². The number of methoxy groups -OCH3 is 1. The number of aromatic amines is 1. The van der Waals surface area contributed by atoms with Gasteiger partial charge in [0.2, 0.25) is 0 Å². The molecule has 1 fully saturated rings. The SMILES string of the molecule is COC(=O)c1nc(C(=O)NCC2CC2)ccc1-c1cc2c(cc1C(=O)Nc1ccc3nc(N)[nH]c3c1)-c1sccc1CO2. The maximum atomic E-state index is 14.0. The third-order valence-electron chi connectivity index (χ3n) is 7.54. The molecule has 1 aliphatic heterocycles. The van der Waals surface area contributed by atoms with E-state index in [1.165, 1.54) is 7.11 Å². The second-order valence-electron chi connectivity index (χ2n) is 10.5. The van der Waals surface area contributed by atoms with E-state index < -0.39 is 11.9 Å². The number of carbonyl (C=O) groups excluding carboxylic acids is 3. The Kier molecular flexibility index (Phi) is 6.54. The number of ether oxygens (including phenoxy) is 2. The van der Waals surface area contributed by atoms with E-state index in [4.69, 9.17) is 15.2 Å². The van der Waals surface area contributed by atoms with Gasteiger partial charge in [-0.15, -0.1) is 11.3 Å². The average Bonchev–Trinajstić information content (AvgIpc) is 3.58. The molecule has 5 aromatic rings. The van der Waals surface area contributed by atoms with Gasteiger partial charge in [0.15, 0.2) is 11.6 Å². The predicted molar refractivity (Wildman–Crippen MR) is 162 cm³/mol. The second kappa shape index (κ2) is 10.6. The fraction of sp³-hybridized carbons (Fsp3) is 0.194. The Morgan fingerprint density at radius 3 is 2.72 bits per heavy atom. The lowest BCUT2D eigenvalue weighted by molar-refractivity contribution is 0.0594. The Morgan fingerprint density at radius 2 is 1.91 bits per heavy atom. The maximum Gasteiger partial charge on any atom is 0.357 e. The van der Waals surface area contributed by atoms with Crippen LogP contribution in [0.2, 0.25) is 0 Å². The Bertz CT molecular complexity index is 1940. The van der Waals surface area contributed by atoms with Crippen LogP contribution in [0.4, 0.5) is 11.6 Å². The van der Waals surface area contributed by atoms with Gasteiger partial charge in [0.05, 0.1) is 18.1 Å². The predicted octanol–water partition coefficient (Wildman–Crippen LogP) is 5.01. The van der Waals surface area contributed by atoms with Crippen LogP contribution in [0.25, 0.3) is 32.6 Å². The van der Waals surface area contributed by atoms with Crippen LogP contribution < -0.4 is 21.1 Å². The van der Waals surface area contributed by atoms with Crippen LogP contribution in [0, 0.1) is 5.92 Å². The van der Waals surface area contributed by atoms with Crippen molar-refractivity contribution in [1.29, 1.82) is 0 Å². The first-order chi connectivity index (χ1) is 20.9. The maximum absolute atomic E-state index is 14.0. The Balaban J connectivity index is 1.33. The number of benzene rings is 2. The summed E-state index contributed by atoms with van der Waals surface area (Å²) < 4.78 is 11.1. The lowest BCUT2D eigenvalue weighted by atomic mass is 9.92. The molecule has 0 bridgehead atoms. The molecule has 0 radical (unpaired) electrons. The molecule has 0 saturated heterocycles. The highest BCUT2D eigenvalue weighted by atomic mass is 32.1. The van der Waals surface area contributed by atoms with E-state index in [1.807, 2.05) is 11.4 Å². The molecule has 0 unspecified atom stereocenters. The van der Waals surface area contributed by atoms with Crippen LogP contribution in [0.15, 0.2) is 53.9 Å². The van der Waals surface area contributed by atoms with Crippen molar-refractivity contribution in [3.63, 3.8) is 0 Å². The minimum Gasteiger partial charge on any atom is -0.488 e. The third-order valence-corrected chi connectivity index (χ3v) is 8.53. The zero-order valence-electron chi connectivity index (χ0n) is 23.0. The lowest BCUT2D eigenvalue weighted by Crippen LogP contribution is -2.27. The van der Waals surface area contributed by atoms with E-state index in [-0.39, 0.29) is 28.8 Å². The summed E-state index contributed by atoms with van der Waals surface area (Å²) in [6.45, 7) is 0.941. The van der Waals surface area contributed by atoms with E-state index in [0.717, 1.165) is 28.8 Å². The van der Waals surface area contributed by atoms with Crippen molar-refractivity contribution in [2.24, 2.45) is 5.92 Å². The monoisotopic (exact) mass is 594 g/mol. The first-order valence-electron chi connectivity index (χ1n) is 13.7. The van der Waals surface area contributed by atoms with Crippen LogP contribution in [0.3, 0.4) is 0 Å². The topological polar surface area (TPSA) is 161 Å². The van der Waals surface area contributed by atoms with Gasteiger partial charge < -0.3 is 30.8 Å². The van der Waals surface area contributed by atoms with Crippen molar-refractivity contribution in [2.45, 2.75) is 19.4 Å². The van der Waals surface area contributed by atoms with Crippen molar-refractivity contribution < 1.29 is 23.9 Å². The number of nitrogens with zero attached hydrogens (tertiary/aromatic N) is 2. The van der Waals surface area contributed by atoms with Crippen molar-refractivity contribution in [1.82, 2.24) is 20.3 Å². The van der Waals surface area contributed by atoms with Gasteiger partial charge in [0.1, 0.15) is 18.1 Å². The number of fused-ring (bicyclic) bond motifs is 4. The van der Waals surface area contributed by atoms with Crippen molar-refractivity contribution in [3.8, 4) is 27.3 Å². The molecule has 4 heterocycles. The minimum absolute atomic E-state index is 0.0837. The molecule has 11 nitrogen and oxygen atoms in total. The number of amides is 2. The van der Waals surface area contributed by atoms with E-state index >= 15 is 0 Å². The zero-order valence-corrected chi connectivity index (χ0v) is 23.8. The molecule has 2 aliphatic rings. The number of thiophene rings is 1. The minimum atomic E-state index is -0.736. The van der Waals surface area contributed by atoms with Gasteiger partial charge in [-0.25, -0.2) is 14.8 Å². The summed E-state index contributed by atoms with van der Waals surface area (Å²) in [6, 6.07) is 13.9. The van der Waals surface area contributed by atoms with Gasteiger partial charge >= 0.3 is 5.97 Å². The van der Waals surface area contributed by atoms with Crippen molar-refractivity contribution >= 4 is 51.8 Å². The number of rotatable bonds is 7. The molecule has 2 aromatic carbocycles. The number of pyridine rings is 1. The van der Waals surface area contributed by atoms with Crippen LogP contribution in [0.5, 0.6) is 5.75 Å². The first kappa shape index (κ1) is 26.7. The highest BCUT2D eigenvalue weighted by Gasteiger charge is 2.28. The molecule has 216 valence electrons. The number of hydrogen-bond acceptors (Lipinski definition) is 9. The standard InChI is InChI=1S/C31H26N6O5S/c1-41-30(40)26-18(5-7-23(35-26)29(39)33-13-15-2-3-15)19-12-25-21(27-16(14-42-25)8-9-43-27)11-20(19)28(38)34-17-4-6-22-24(10-17)37-31(32)36-22/h4-12,15H,2-3,13-14H2,1H3,(H,33,39)(H,34,38)(H3,32,36,37). The Hall–Kier alpha value is -5.23. The molecule has 5 N–H and O–H groups in total. The van der Waals surface area contributed by atoms with Crippen molar-refractivity contribution in [3.05, 3.63) is 76.4 Å². The van der Waals surface area contributed by atoms with Gasteiger partial charge in [-0.05, 0) is 72.7 Å². The Morgan fingerprint density at radius 1 is 1.05 bits per heavy atom. The van der Waals surface area contributed by atoms with E-state index in [2.05, 4.69) is 25.6 Å². The number of nitrogens with two attached hydrogens (primary N) is 1. The fourth-order valence-electron chi connectivity index (χ4n) is 5.14. The van der Waals surface area contributed by atoms with Gasteiger partial charge in [-0.1, -0.05) is 0 Å². The summed E-state index contributed by atoms with van der Waals surface area (Å²) in [5, 5.41) is 7.81. The number of imidazole rings is 1. The second-order valence-corrected chi connectivity index (χ2v) is 11.4. The molecule has 12 heteroatoms. The average molecular weight is 595 g/mol. The number of H-pyrrole nitrogens is 1. The van der Waals surface area contributed by atoms with Crippen LogP contribution in [0.1, 0.15) is 49.7 Å². The number of carbonyl (C=O) groups is 3. The van der Waals surface area contributed by atoms with Crippen LogP contribution in [-0.4, -0.2) is 46.4 Å². The van der Waals surface area contributed by atoms with Gasteiger partial charge in [-0.2, -0.15) is 0 Å². The summed E-state index contributed by atoms with van der Waals surface area (Å²) in [4.78, 5) is 52.4. The van der Waals surface area contributed by atoms with Crippen LogP contribution >= 0.6 is 11.3 Å². The molecule has 0 atom stereocenters. The molecule has 0 spiro atoms. The first-order valence-corrected chi connectivity index (χ1v) is 14.6. The van der Waals surface area contributed by atoms with E-state index in [1.54, 1.807) is 53.8 Å². The molecule has 7 rings (SSSR count). The van der Waals surface area contributed by atoms with Crippen molar-refractivity contribution in [2.75, 3.05) is 24.7 Å². The number of nitrogen functional groups attached to an aromatic ring is 1. The molecular weight excluding hydrogens is 568 g/mol. The van der Waals surface area contributed by atoms with Gasteiger partial charge in [0, 0.05) is 44.9 Å². The van der Waals surface area contributed by atoms with E-state index in [0.29, 0.717) is 52.7 Å². The number of nitrogens with one attached hydrogen (secondary N) is 3. The molecule has 2 amide bonds. The molecule has 1 aliphatic carbocycles. The number of anilines is 2. The van der Waals surface area contributed by atoms with Gasteiger partial charge in [0.25, 0.3) is 11.8 Å². The summed E-state index contributed by atoms with van der Waals surface area (Å²) in [5.74, 6) is -0.215. The smallest absolute Gasteiger partial charge is 0.357 e. The zero-order chi connectivity index (χ0) is 29.7.